The highest BCUT2D eigenvalue weighted by atomic mass is 16.3. The molecular weight excluding hydrogens is 366 g/mol. The molecule has 1 fully saturated rings. The van der Waals surface area contributed by atoms with Crippen molar-refractivity contribution >= 4 is 17.5 Å². The average molecular weight is 400 g/mol. The van der Waals surface area contributed by atoms with Gasteiger partial charge in [-0.2, -0.15) is 0 Å². The molecule has 0 aromatic heterocycles. The zero-order valence-corrected chi connectivity index (χ0v) is 18.1. The van der Waals surface area contributed by atoms with E-state index in [1.54, 1.807) is 0 Å². The summed E-state index contributed by atoms with van der Waals surface area (Å²) in [5, 5.41) is 13.2. The van der Waals surface area contributed by atoms with E-state index in [0.717, 1.165) is 18.1 Å². The molecule has 2 N–H and O–H groups in total. The number of carbonyl (C=O) groups excluding carboxylic acids is 3. The van der Waals surface area contributed by atoms with E-state index < -0.39 is 17.3 Å². The lowest BCUT2D eigenvalue weighted by Gasteiger charge is -2.44. The average Bonchev–Trinajstić information content (AvgIpc) is 2.93. The van der Waals surface area contributed by atoms with Crippen LogP contribution in [0.3, 0.4) is 0 Å². The number of rotatable bonds is 2. The van der Waals surface area contributed by atoms with Crippen molar-refractivity contribution in [3.8, 4) is 0 Å². The Morgan fingerprint density at radius 3 is 2.52 bits per heavy atom. The minimum absolute atomic E-state index is 0.0754. The van der Waals surface area contributed by atoms with Gasteiger partial charge in [0.1, 0.15) is 11.5 Å². The van der Waals surface area contributed by atoms with Crippen molar-refractivity contribution in [2.45, 2.75) is 66.0 Å². The third-order valence-electron chi connectivity index (χ3n) is 7.01. The van der Waals surface area contributed by atoms with Crippen molar-refractivity contribution < 1.29 is 19.5 Å². The number of hydrogen-bond acceptors (Lipinski definition) is 4. The number of amides is 1. The molecule has 29 heavy (non-hydrogen) atoms. The van der Waals surface area contributed by atoms with Crippen molar-refractivity contribution in [1.82, 2.24) is 5.32 Å². The molecule has 1 aliphatic heterocycles. The SMILES string of the molecule is CC1=CC2/C=C(\C)CCC(O)C(=O)/C=C/C(=O)C23C(=O)NC(CC(C)C)C3C1C. The Morgan fingerprint density at radius 1 is 1.17 bits per heavy atom. The summed E-state index contributed by atoms with van der Waals surface area (Å²) in [6, 6.07) is -0.0823. The molecule has 3 rings (SSSR count). The van der Waals surface area contributed by atoms with E-state index in [-0.39, 0.29) is 35.5 Å². The maximum absolute atomic E-state index is 13.6. The van der Waals surface area contributed by atoms with E-state index in [4.69, 9.17) is 0 Å². The molecule has 0 bridgehead atoms. The molecule has 1 spiro atoms. The summed E-state index contributed by atoms with van der Waals surface area (Å²) in [6.07, 6.45) is 7.00. The number of ketones is 2. The Kier molecular flexibility index (Phi) is 6.00. The molecular formula is C24H33NO4. The second-order valence-corrected chi connectivity index (χ2v) is 9.50. The van der Waals surface area contributed by atoms with Gasteiger partial charge in [0.2, 0.25) is 5.91 Å². The van der Waals surface area contributed by atoms with Gasteiger partial charge in [-0.1, -0.05) is 44.1 Å². The molecule has 1 heterocycles. The van der Waals surface area contributed by atoms with Crippen LogP contribution in [0, 0.1) is 29.1 Å². The number of hydrogen-bond donors (Lipinski definition) is 2. The lowest BCUT2D eigenvalue weighted by Crippen LogP contribution is -2.51. The van der Waals surface area contributed by atoms with Crippen LogP contribution in [0.1, 0.15) is 53.9 Å². The molecule has 6 unspecified atom stereocenters. The molecule has 0 aromatic rings. The smallest absolute Gasteiger partial charge is 0.235 e. The quantitative estimate of drug-likeness (QED) is 0.552. The summed E-state index contributed by atoms with van der Waals surface area (Å²) in [4.78, 5) is 39.3. The fourth-order valence-corrected chi connectivity index (χ4v) is 5.45. The van der Waals surface area contributed by atoms with Crippen LogP contribution in [0.25, 0.3) is 0 Å². The van der Waals surface area contributed by atoms with Crippen molar-refractivity contribution in [1.29, 1.82) is 0 Å². The highest BCUT2D eigenvalue weighted by molar-refractivity contribution is 6.15. The van der Waals surface area contributed by atoms with Crippen LogP contribution in [0.2, 0.25) is 0 Å². The number of nitrogens with one attached hydrogen (secondary N) is 1. The number of aliphatic hydroxyl groups excluding tert-OH is 1. The zero-order chi connectivity index (χ0) is 21.5. The van der Waals surface area contributed by atoms with E-state index in [9.17, 15) is 19.5 Å². The van der Waals surface area contributed by atoms with Crippen LogP contribution in [0.4, 0.5) is 0 Å². The van der Waals surface area contributed by atoms with Crippen LogP contribution in [0.5, 0.6) is 0 Å². The van der Waals surface area contributed by atoms with Gasteiger partial charge in [0.15, 0.2) is 11.6 Å². The van der Waals surface area contributed by atoms with Crippen molar-refractivity contribution in [2.75, 3.05) is 0 Å². The fraction of sp³-hybridized carbons (Fsp3) is 0.625. The Labute approximate surface area is 173 Å². The topological polar surface area (TPSA) is 83.5 Å². The van der Waals surface area contributed by atoms with Gasteiger partial charge in [-0.3, -0.25) is 14.4 Å². The van der Waals surface area contributed by atoms with E-state index in [2.05, 4.69) is 39.1 Å². The lowest BCUT2D eigenvalue weighted by molar-refractivity contribution is -0.142. The van der Waals surface area contributed by atoms with Gasteiger partial charge < -0.3 is 10.4 Å². The summed E-state index contributed by atoms with van der Waals surface area (Å²) in [6.45, 7) is 10.3. The van der Waals surface area contributed by atoms with Crippen molar-refractivity contribution in [3.63, 3.8) is 0 Å². The molecule has 6 atom stereocenters. The van der Waals surface area contributed by atoms with Gasteiger partial charge >= 0.3 is 0 Å². The lowest BCUT2D eigenvalue weighted by atomic mass is 9.55. The Hall–Kier alpha value is -2.01. The van der Waals surface area contributed by atoms with Gasteiger partial charge in [-0.15, -0.1) is 0 Å². The Morgan fingerprint density at radius 2 is 1.86 bits per heavy atom. The second kappa shape index (κ2) is 8.02. The number of allylic oxidation sites excluding steroid dienone is 5. The Balaban J connectivity index is 2.21. The van der Waals surface area contributed by atoms with Gasteiger partial charge in [0, 0.05) is 17.9 Å². The number of carbonyl (C=O) groups is 3. The molecule has 5 heteroatoms. The first kappa shape index (κ1) is 21.7. The maximum atomic E-state index is 13.6. The van der Waals surface area contributed by atoms with Crippen LogP contribution >= 0.6 is 0 Å². The van der Waals surface area contributed by atoms with Crippen LogP contribution in [-0.4, -0.2) is 34.7 Å². The normalized spacial score (nSPS) is 40.9. The first-order valence-corrected chi connectivity index (χ1v) is 10.7. The van der Waals surface area contributed by atoms with Crippen molar-refractivity contribution in [2.24, 2.45) is 29.1 Å². The molecule has 1 saturated heterocycles. The van der Waals surface area contributed by atoms with E-state index in [1.165, 1.54) is 11.6 Å². The summed E-state index contributed by atoms with van der Waals surface area (Å²) < 4.78 is 0. The van der Waals surface area contributed by atoms with Crippen LogP contribution < -0.4 is 5.32 Å². The minimum atomic E-state index is -1.24. The minimum Gasteiger partial charge on any atom is -0.385 e. The molecule has 1 amide bonds. The third kappa shape index (κ3) is 3.65. The summed E-state index contributed by atoms with van der Waals surface area (Å²) in [5.41, 5.74) is 0.923. The van der Waals surface area contributed by atoms with E-state index in [0.29, 0.717) is 18.8 Å². The predicted octanol–water partition coefficient (Wildman–Crippen LogP) is 3.14. The van der Waals surface area contributed by atoms with Gasteiger partial charge in [-0.25, -0.2) is 0 Å². The molecule has 3 aliphatic rings. The zero-order valence-electron chi connectivity index (χ0n) is 18.1. The molecule has 0 radical (unpaired) electrons. The highest BCUT2D eigenvalue weighted by Crippen LogP contribution is 2.55. The predicted molar refractivity (Wildman–Crippen MR) is 112 cm³/mol. The standard InChI is InChI=1S/C24H33NO4/c1-13(2)10-18-22-16(5)15(4)12-17-11-14(3)6-7-19(26)20(27)8-9-21(28)24(17,22)23(29)25-18/h8-9,11-13,16-19,22,26H,6-7,10H2,1-5H3,(H,25,29)/b9-8+,14-11+. The van der Waals surface area contributed by atoms with E-state index >= 15 is 0 Å². The fourth-order valence-electron chi connectivity index (χ4n) is 5.45. The van der Waals surface area contributed by atoms with Crippen LogP contribution in [-0.2, 0) is 14.4 Å². The first-order valence-electron chi connectivity index (χ1n) is 10.7. The largest absolute Gasteiger partial charge is 0.385 e. The van der Waals surface area contributed by atoms with Crippen molar-refractivity contribution in [3.05, 3.63) is 35.5 Å². The number of aliphatic hydroxyl groups is 1. The second-order valence-electron chi connectivity index (χ2n) is 9.50. The monoisotopic (exact) mass is 399 g/mol. The summed E-state index contributed by atoms with van der Waals surface area (Å²) >= 11 is 0. The molecule has 0 saturated carbocycles. The maximum Gasteiger partial charge on any atom is 0.235 e. The molecule has 2 aliphatic carbocycles. The highest BCUT2D eigenvalue weighted by Gasteiger charge is 2.64. The van der Waals surface area contributed by atoms with Gasteiger partial charge in [0.05, 0.1) is 0 Å². The van der Waals surface area contributed by atoms with E-state index in [1.807, 2.05) is 13.0 Å². The third-order valence-corrected chi connectivity index (χ3v) is 7.01. The Bertz CT molecular complexity index is 806. The molecule has 0 aromatic carbocycles. The van der Waals surface area contributed by atoms with Gasteiger partial charge in [-0.05, 0) is 57.1 Å². The summed E-state index contributed by atoms with van der Waals surface area (Å²) in [5.74, 6) is -1.12. The molecule has 158 valence electrons. The van der Waals surface area contributed by atoms with Crippen LogP contribution in [0.15, 0.2) is 35.5 Å². The summed E-state index contributed by atoms with van der Waals surface area (Å²) in [7, 11) is 0. The first-order chi connectivity index (χ1) is 13.6. The molecule has 5 nitrogen and oxygen atoms in total. The van der Waals surface area contributed by atoms with Gasteiger partial charge in [0.25, 0.3) is 0 Å².